The van der Waals surface area contributed by atoms with E-state index in [4.69, 9.17) is 4.74 Å². The van der Waals surface area contributed by atoms with Gasteiger partial charge in [-0.05, 0) is 56.0 Å². The number of methoxy groups -OCH3 is 1. The number of aryl methyl sites for hydroxylation is 2. The lowest BCUT2D eigenvalue weighted by atomic mass is 9.97. The molecule has 0 saturated carbocycles. The third-order valence-corrected chi connectivity index (χ3v) is 3.38. The quantitative estimate of drug-likeness (QED) is 0.601. The third kappa shape index (κ3) is 3.65. The fraction of sp³-hybridized carbons (Fsp3) is 0.571. The molecule has 0 unspecified atom stereocenters. The van der Waals surface area contributed by atoms with Crippen LogP contribution in [0.5, 0.6) is 5.75 Å². The second kappa shape index (κ2) is 6.92. The van der Waals surface area contributed by atoms with E-state index in [0.29, 0.717) is 0 Å². The minimum atomic E-state index is 0.878. The van der Waals surface area contributed by atoms with Gasteiger partial charge in [0.25, 0.3) is 0 Å². The van der Waals surface area contributed by atoms with Crippen LogP contribution >= 0.6 is 12.6 Å². The van der Waals surface area contributed by atoms with Crippen molar-refractivity contribution in [1.82, 2.24) is 5.32 Å². The second-order valence-corrected chi connectivity index (χ2v) is 4.82. The molecule has 1 rings (SSSR count). The number of benzene rings is 1. The highest BCUT2D eigenvalue weighted by Crippen LogP contribution is 2.29. The number of rotatable bonds is 6. The Kier molecular flexibility index (Phi) is 5.86. The molecule has 1 N–H and O–H groups in total. The average Bonchev–Trinajstić information content (AvgIpc) is 2.31. The molecule has 96 valence electrons. The summed E-state index contributed by atoms with van der Waals surface area (Å²) in [6.07, 6.45) is 1.00. The first kappa shape index (κ1) is 14.4. The van der Waals surface area contributed by atoms with Gasteiger partial charge in [-0.25, -0.2) is 0 Å². The van der Waals surface area contributed by atoms with Crippen LogP contribution in [0.3, 0.4) is 0 Å². The van der Waals surface area contributed by atoms with Crippen molar-refractivity contribution in [3.63, 3.8) is 0 Å². The number of nitrogens with one attached hydrogen (secondary N) is 1. The lowest BCUT2D eigenvalue weighted by molar-refractivity contribution is 0.405. The Morgan fingerprint density at radius 2 is 1.88 bits per heavy atom. The molecule has 0 aliphatic carbocycles. The number of hydrogen-bond donors (Lipinski definition) is 2. The summed E-state index contributed by atoms with van der Waals surface area (Å²) in [5.74, 6) is 1.93. The van der Waals surface area contributed by atoms with Crippen LogP contribution in [0.25, 0.3) is 0 Å². The van der Waals surface area contributed by atoms with Gasteiger partial charge in [0, 0.05) is 12.3 Å². The Balaban J connectivity index is 2.86. The minimum Gasteiger partial charge on any atom is -0.496 e. The number of hydrogen-bond acceptors (Lipinski definition) is 3. The van der Waals surface area contributed by atoms with Gasteiger partial charge >= 0.3 is 0 Å². The predicted molar refractivity (Wildman–Crippen MR) is 77.6 cm³/mol. The highest BCUT2D eigenvalue weighted by atomic mass is 32.1. The Labute approximate surface area is 110 Å². The summed E-state index contributed by atoms with van der Waals surface area (Å²) in [4.78, 5) is 0. The molecule has 2 nitrogen and oxygen atoms in total. The largest absolute Gasteiger partial charge is 0.496 e. The van der Waals surface area contributed by atoms with E-state index >= 15 is 0 Å². The third-order valence-electron chi connectivity index (χ3n) is 3.16. The first-order valence-corrected chi connectivity index (χ1v) is 6.70. The van der Waals surface area contributed by atoms with Crippen molar-refractivity contribution in [2.75, 3.05) is 26.0 Å². The Hall–Kier alpha value is -0.670. The zero-order valence-electron chi connectivity index (χ0n) is 11.3. The van der Waals surface area contributed by atoms with E-state index in [1.54, 1.807) is 7.11 Å². The normalized spacial score (nSPS) is 10.6. The maximum atomic E-state index is 5.55. The van der Waals surface area contributed by atoms with Crippen molar-refractivity contribution in [3.8, 4) is 5.75 Å². The SMILES string of the molecule is COc1c(C)c(C)cc(C)c1CCNCCS. The Morgan fingerprint density at radius 1 is 1.18 bits per heavy atom. The van der Waals surface area contributed by atoms with Crippen LogP contribution in [0.15, 0.2) is 6.07 Å². The van der Waals surface area contributed by atoms with Crippen LogP contribution in [0.2, 0.25) is 0 Å². The molecule has 0 aromatic heterocycles. The van der Waals surface area contributed by atoms with Crippen molar-refractivity contribution in [2.24, 2.45) is 0 Å². The van der Waals surface area contributed by atoms with E-state index in [1.807, 2.05) is 0 Å². The summed E-state index contributed by atoms with van der Waals surface area (Å²) >= 11 is 4.18. The zero-order valence-corrected chi connectivity index (χ0v) is 12.2. The Morgan fingerprint density at radius 3 is 2.47 bits per heavy atom. The molecule has 0 heterocycles. The molecule has 0 bridgehead atoms. The van der Waals surface area contributed by atoms with Gasteiger partial charge in [0.1, 0.15) is 5.75 Å². The summed E-state index contributed by atoms with van der Waals surface area (Å²) < 4.78 is 5.55. The van der Waals surface area contributed by atoms with Crippen LogP contribution in [0.4, 0.5) is 0 Å². The Bertz CT molecular complexity index is 377. The summed E-state index contributed by atoms with van der Waals surface area (Å²) in [5, 5.41) is 3.36. The molecule has 0 amide bonds. The van der Waals surface area contributed by atoms with Crippen LogP contribution in [-0.4, -0.2) is 26.0 Å². The molecule has 0 saturated heterocycles. The van der Waals surface area contributed by atoms with Crippen molar-refractivity contribution in [3.05, 3.63) is 28.3 Å². The summed E-state index contributed by atoms with van der Waals surface area (Å²) in [6.45, 7) is 8.34. The van der Waals surface area contributed by atoms with Crippen molar-refractivity contribution < 1.29 is 4.74 Å². The van der Waals surface area contributed by atoms with Gasteiger partial charge in [0.15, 0.2) is 0 Å². The topological polar surface area (TPSA) is 21.3 Å². The van der Waals surface area contributed by atoms with Crippen LogP contribution in [-0.2, 0) is 6.42 Å². The van der Waals surface area contributed by atoms with E-state index in [-0.39, 0.29) is 0 Å². The second-order valence-electron chi connectivity index (χ2n) is 4.37. The zero-order chi connectivity index (χ0) is 12.8. The fourth-order valence-corrected chi connectivity index (χ4v) is 2.27. The number of ether oxygens (including phenoxy) is 1. The van der Waals surface area contributed by atoms with Gasteiger partial charge in [-0.15, -0.1) is 0 Å². The maximum Gasteiger partial charge on any atom is 0.125 e. The van der Waals surface area contributed by atoms with E-state index < -0.39 is 0 Å². The van der Waals surface area contributed by atoms with Crippen LogP contribution in [0.1, 0.15) is 22.3 Å². The van der Waals surface area contributed by atoms with Gasteiger partial charge in [-0.1, -0.05) is 6.07 Å². The van der Waals surface area contributed by atoms with Gasteiger partial charge in [-0.3, -0.25) is 0 Å². The standard InChI is InChI=1S/C14H23NOS/c1-10-9-11(2)13(5-6-15-7-8-17)14(16-4)12(10)3/h9,15,17H,5-8H2,1-4H3. The van der Waals surface area contributed by atoms with Crippen LogP contribution in [0, 0.1) is 20.8 Å². The summed E-state index contributed by atoms with van der Waals surface area (Å²) in [6, 6.07) is 2.24. The van der Waals surface area contributed by atoms with E-state index in [0.717, 1.165) is 31.0 Å². The van der Waals surface area contributed by atoms with Crippen molar-refractivity contribution in [1.29, 1.82) is 0 Å². The van der Waals surface area contributed by atoms with Crippen LogP contribution < -0.4 is 10.1 Å². The van der Waals surface area contributed by atoms with Gasteiger partial charge in [0.2, 0.25) is 0 Å². The molecule has 0 radical (unpaired) electrons. The highest BCUT2D eigenvalue weighted by Gasteiger charge is 2.11. The van der Waals surface area contributed by atoms with Gasteiger partial charge in [0.05, 0.1) is 7.11 Å². The van der Waals surface area contributed by atoms with E-state index in [2.05, 4.69) is 44.8 Å². The minimum absolute atomic E-state index is 0.878. The first-order chi connectivity index (χ1) is 8.11. The molecule has 17 heavy (non-hydrogen) atoms. The molecule has 0 spiro atoms. The van der Waals surface area contributed by atoms with Crippen molar-refractivity contribution >= 4 is 12.6 Å². The molecule has 1 aromatic carbocycles. The lowest BCUT2D eigenvalue weighted by Gasteiger charge is -2.16. The predicted octanol–water partition coefficient (Wildman–Crippen LogP) is 2.68. The summed E-state index contributed by atoms with van der Waals surface area (Å²) in [5.41, 5.74) is 5.19. The molecule has 3 heteroatoms. The molecule has 0 aliphatic rings. The fourth-order valence-electron chi connectivity index (χ4n) is 2.11. The summed E-state index contributed by atoms with van der Waals surface area (Å²) in [7, 11) is 1.76. The monoisotopic (exact) mass is 253 g/mol. The van der Waals surface area contributed by atoms with E-state index in [9.17, 15) is 0 Å². The molecule has 0 fully saturated rings. The molecule has 0 aliphatic heterocycles. The smallest absolute Gasteiger partial charge is 0.125 e. The molecule has 0 atom stereocenters. The van der Waals surface area contributed by atoms with Crippen molar-refractivity contribution in [2.45, 2.75) is 27.2 Å². The average molecular weight is 253 g/mol. The van der Waals surface area contributed by atoms with E-state index in [1.165, 1.54) is 22.3 Å². The first-order valence-electron chi connectivity index (χ1n) is 6.07. The highest BCUT2D eigenvalue weighted by molar-refractivity contribution is 7.80. The number of thiol groups is 1. The van der Waals surface area contributed by atoms with Gasteiger partial charge in [-0.2, -0.15) is 12.6 Å². The lowest BCUT2D eigenvalue weighted by Crippen LogP contribution is -2.20. The van der Waals surface area contributed by atoms with Gasteiger partial charge < -0.3 is 10.1 Å². The molecule has 1 aromatic rings. The maximum absolute atomic E-state index is 5.55. The molecular formula is C14H23NOS. The molecular weight excluding hydrogens is 230 g/mol.